The highest BCUT2D eigenvalue weighted by Crippen LogP contribution is 2.44. The van der Waals surface area contributed by atoms with Crippen LogP contribution in [0.5, 0.6) is 0 Å². The molecular formula is C17H23F3O. The molecule has 1 saturated carbocycles. The van der Waals surface area contributed by atoms with Gasteiger partial charge in [-0.05, 0) is 67.7 Å². The number of halogens is 3. The van der Waals surface area contributed by atoms with E-state index in [1.165, 1.54) is 6.07 Å². The van der Waals surface area contributed by atoms with Gasteiger partial charge in [-0.1, -0.05) is 19.9 Å². The summed E-state index contributed by atoms with van der Waals surface area (Å²) in [6.07, 6.45) is -1.07. The summed E-state index contributed by atoms with van der Waals surface area (Å²) in [5.41, 5.74) is -0.456. The Hall–Kier alpha value is -1.03. The van der Waals surface area contributed by atoms with E-state index in [0.29, 0.717) is 35.8 Å². The first-order chi connectivity index (χ1) is 9.63. The molecule has 1 aliphatic carbocycles. The largest absolute Gasteiger partial charge is 0.416 e. The Bertz CT molecular complexity index is 507. The highest BCUT2D eigenvalue weighted by Gasteiger charge is 2.39. The molecule has 1 N–H and O–H groups in total. The van der Waals surface area contributed by atoms with Crippen molar-refractivity contribution in [1.29, 1.82) is 0 Å². The molecule has 1 aliphatic rings. The first-order valence-corrected chi connectivity index (χ1v) is 7.54. The van der Waals surface area contributed by atoms with Gasteiger partial charge in [0.2, 0.25) is 0 Å². The fraction of sp³-hybridized carbons (Fsp3) is 0.647. The van der Waals surface area contributed by atoms with E-state index in [1.807, 2.05) is 0 Å². The summed E-state index contributed by atoms with van der Waals surface area (Å²) < 4.78 is 38.2. The number of rotatable bonds is 2. The molecule has 2 atom stereocenters. The number of alkyl halides is 3. The summed E-state index contributed by atoms with van der Waals surface area (Å²) in [6.45, 7) is 5.92. The minimum atomic E-state index is -4.33. The van der Waals surface area contributed by atoms with Crippen molar-refractivity contribution >= 4 is 0 Å². The molecule has 2 rings (SSSR count). The van der Waals surface area contributed by atoms with Gasteiger partial charge >= 0.3 is 6.18 Å². The van der Waals surface area contributed by atoms with Crippen LogP contribution in [-0.2, 0) is 11.8 Å². The van der Waals surface area contributed by atoms with E-state index in [9.17, 15) is 18.3 Å². The molecule has 1 aromatic rings. The van der Waals surface area contributed by atoms with E-state index in [0.717, 1.165) is 25.0 Å². The van der Waals surface area contributed by atoms with Crippen LogP contribution in [0.25, 0.3) is 0 Å². The maximum absolute atomic E-state index is 12.7. The smallest absolute Gasteiger partial charge is 0.385 e. The highest BCUT2D eigenvalue weighted by atomic mass is 19.4. The number of hydrogen-bond acceptors (Lipinski definition) is 1. The second-order valence-electron chi connectivity index (χ2n) is 6.66. The normalized spacial score (nSPS) is 27.1. The van der Waals surface area contributed by atoms with E-state index < -0.39 is 17.3 Å². The van der Waals surface area contributed by atoms with Crippen LogP contribution in [0.4, 0.5) is 13.2 Å². The quantitative estimate of drug-likeness (QED) is 0.810. The van der Waals surface area contributed by atoms with Gasteiger partial charge in [-0.15, -0.1) is 0 Å². The molecule has 1 aromatic carbocycles. The molecule has 4 heteroatoms. The summed E-state index contributed by atoms with van der Waals surface area (Å²) in [7, 11) is 0. The second kappa shape index (κ2) is 5.64. The lowest BCUT2D eigenvalue weighted by Gasteiger charge is -2.39. The van der Waals surface area contributed by atoms with Crippen LogP contribution in [0.15, 0.2) is 18.2 Å². The van der Waals surface area contributed by atoms with Crippen molar-refractivity contribution in [2.45, 2.75) is 58.2 Å². The minimum absolute atomic E-state index is 0.422. The second-order valence-corrected chi connectivity index (χ2v) is 6.66. The van der Waals surface area contributed by atoms with Crippen molar-refractivity contribution in [2.75, 3.05) is 0 Å². The number of aliphatic hydroxyl groups is 1. The van der Waals surface area contributed by atoms with Crippen LogP contribution in [0.1, 0.15) is 56.2 Å². The lowest BCUT2D eigenvalue weighted by molar-refractivity contribution is -0.137. The van der Waals surface area contributed by atoms with Crippen molar-refractivity contribution < 1.29 is 18.3 Å². The topological polar surface area (TPSA) is 20.2 Å². The van der Waals surface area contributed by atoms with E-state index in [4.69, 9.17) is 0 Å². The van der Waals surface area contributed by atoms with Crippen molar-refractivity contribution in [1.82, 2.24) is 0 Å². The van der Waals surface area contributed by atoms with Gasteiger partial charge in [0.05, 0.1) is 11.2 Å². The maximum atomic E-state index is 12.7. The first-order valence-electron chi connectivity index (χ1n) is 7.54. The molecular weight excluding hydrogens is 277 g/mol. The SMILES string of the molecule is Cc1cc(C(F)(F)F)ccc1C1(O)CCCC(C(C)C)C1. The molecule has 1 fully saturated rings. The lowest BCUT2D eigenvalue weighted by Crippen LogP contribution is -2.35. The standard InChI is InChI=1S/C17H23F3O/c1-11(2)13-5-4-8-16(21,10-13)15-7-6-14(9-12(15)3)17(18,19)20/h6-7,9,11,13,21H,4-5,8,10H2,1-3H3. The molecule has 0 amide bonds. The third kappa shape index (κ3) is 3.42. The fourth-order valence-corrected chi connectivity index (χ4v) is 3.47. The predicted molar refractivity (Wildman–Crippen MR) is 76.9 cm³/mol. The predicted octanol–water partition coefficient (Wildman–Crippen LogP) is 5.05. The summed E-state index contributed by atoms with van der Waals surface area (Å²) in [4.78, 5) is 0. The zero-order chi connectivity index (χ0) is 15.8. The third-order valence-electron chi connectivity index (χ3n) is 4.76. The van der Waals surface area contributed by atoms with Crippen molar-refractivity contribution in [3.8, 4) is 0 Å². The minimum Gasteiger partial charge on any atom is -0.385 e. The lowest BCUT2D eigenvalue weighted by atomic mass is 9.70. The third-order valence-corrected chi connectivity index (χ3v) is 4.76. The zero-order valence-corrected chi connectivity index (χ0v) is 12.8. The molecule has 21 heavy (non-hydrogen) atoms. The summed E-state index contributed by atoms with van der Waals surface area (Å²) >= 11 is 0. The van der Waals surface area contributed by atoms with Crippen LogP contribution < -0.4 is 0 Å². The molecule has 2 unspecified atom stereocenters. The zero-order valence-electron chi connectivity index (χ0n) is 12.8. The van der Waals surface area contributed by atoms with Crippen molar-refractivity contribution in [3.05, 3.63) is 34.9 Å². The Kier molecular flexibility index (Phi) is 4.39. The molecule has 1 nitrogen and oxygen atoms in total. The van der Waals surface area contributed by atoms with E-state index >= 15 is 0 Å². The summed E-state index contributed by atoms with van der Waals surface area (Å²) in [6, 6.07) is 3.69. The van der Waals surface area contributed by atoms with E-state index in [-0.39, 0.29) is 0 Å². The Balaban J connectivity index is 2.32. The average Bonchev–Trinajstić information content (AvgIpc) is 2.37. The van der Waals surface area contributed by atoms with Crippen LogP contribution in [0, 0.1) is 18.8 Å². The van der Waals surface area contributed by atoms with Gasteiger partial charge < -0.3 is 5.11 Å². The van der Waals surface area contributed by atoms with Gasteiger partial charge in [0.1, 0.15) is 0 Å². The van der Waals surface area contributed by atoms with Gasteiger partial charge in [0.15, 0.2) is 0 Å². The molecule has 0 heterocycles. The summed E-state index contributed by atoms with van der Waals surface area (Å²) in [5, 5.41) is 11.0. The summed E-state index contributed by atoms with van der Waals surface area (Å²) in [5.74, 6) is 0.900. The average molecular weight is 300 g/mol. The molecule has 0 bridgehead atoms. The molecule has 118 valence electrons. The van der Waals surface area contributed by atoms with Gasteiger partial charge in [-0.3, -0.25) is 0 Å². The first kappa shape index (κ1) is 16.3. The van der Waals surface area contributed by atoms with Crippen molar-refractivity contribution in [2.24, 2.45) is 11.8 Å². The highest BCUT2D eigenvalue weighted by molar-refractivity contribution is 5.36. The Labute approximate surface area is 124 Å². The molecule has 0 aliphatic heterocycles. The molecule has 0 aromatic heterocycles. The van der Waals surface area contributed by atoms with Crippen LogP contribution in [0.3, 0.4) is 0 Å². The molecule has 0 spiro atoms. The number of aryl methyl sites for hydroxylation is 1. The van der Waals surface area contributed by atoms with Gasteiger partial charge in [-0.25, -0.2) is 0 Å². The van der Waals surface area contributed by atoms with Gasteiger partial charge in [0.25, 0.3) is 0 Å². The Morgan fingerprint density at radius 1 is 1.29 bits per heavy atom. The fourth-order valence-electron chi connectivity index (χ4n) is 3.47. The molecule has 0 saturated heterocycles. The Morgan fingerprint density at radius 2 is 1.95 bits per heavy atom. The van der Waals surface area contributed by atoms with Gasteiger partial charge in [-0.2, -0.15) is 13.2 Å². The number of benzene rings is 1. The van der Waals surface area contributed by atoms with Crippen LogP contribution >= 0.6 is 0 Å². The maximum Gasteiger partial charge on any atom is 0.416 e. The van der Waals surface area contributed by atoms with E-state index in [1.54, 1.807) is 6.92 Å². The van der Waals surface area contributed by atoms with Crippen molar-refractivity contribution in [3.63, 3.8) is 0 Å². The number of hydrogen-bond donors (Lipinski definition) is 1. The monoisotopic (exact) mass is 300 g/mol. The van der Waals surface area contributed by atoms with Crippen LogP contribution in [0.2, 0.25) is 0 Å². The van der Waals surface area contributed by atoms with E-state index in [2.05, 4.69) is 13.8 Å². The Morgan fingerprint density at radius 3 is 2.48 bits per heavy atom. The molecule has 0 radical (unpaired) electrons. The van der Waals surface area contributed by atoms with Gasteiger partial charge in [0, 0.05) is 0 Å². The van der Waals surface area contributed by atoms with Crippen LogP contribution in [-0.4, -0.2) is 5.11 Å².